The Bertz CT molecular complexity index is 860. The molecule has 1 aromatic carbocycles. The monoisotopic (exact) mass is 378 g/mol. The summed E-state index contributed by atoms with van der Waals surface area (Å²) in [7, 11) is -3.57. The highest BCUT2D eigenvalue weighted by Crippen LogP contribution is 2.38. The fourth-order valence-corrected chi connectivity index (χ4v) is 4.97. The third-order valence-corrected chi connectivity index (χ3v) is 7.08. The van der Waals surface area contributed by atoms with Gasteiger partial charge in [0.25, 0.3) is 0 Å². The van der Waals surface area contributed by atoms with Crippen LogP contribution >= 0.6 is 11.6 Å². The summed E-state index contributed by atoms with van der Waals surface area (Å²) in [5.74, 6) is 1.39. The number of halogens is 1. The number of nitrogens with zero attached hydrogens (tertiary/aromatic N) is 4. The number of aromatic nitrogens is 2. The molecular weight excluding hydrogens is 360 g/mol. The molecule has 2 aromatic rings. The van der Waals surface area contributed by atoms with Crippen LogP contribution in [0, 0.1) is 0 Å². The van der Waals surface area contributed by atoms with Gasteiger partial charge in [-0.2, -0.15) is 9.40 Å². The summed E-state index contributed by atoms with van der Waals surface area (Å²) < 4.78 is 27.0. The van der Waals surface area contributed by atoms with E-state index >= 15 is 0 Å². The van der Waals surface area contributed by atoms with E-state index < -0.39 is 10.0 Å². The largest absolute Gasteiger partial charge is 0.352 e. The Balaban J connectivity index is 1.45. The summed E-state index contributed by atoms with van der Waals surface area (Å²) in [5.41, 5.74) is 1.06. The van der Waals surface area contributed by atoms with E-state index in [9.17, 15) is 8.42 Å². The van der Waals surface area contributed by atoms with E-state index in [1.807, 2.05) is 12.1 Å². The van der Waals surface area contributed by atoms with E-state index in [-0.39, 0.29) is 9.92 Å². The van der Waals surface area contributed by atoms with E-state index in [2.05, 4.69) is 15.1 Å². The van der Waals surface area contributed by atoms with Crippen LogP contribution in [0.1, 0.15) is 24.5 Å². The minimum absolute atomic E-state index is 0.165. The number of piperazine rings is 1. The number of hydrogen-bond acceptors (Lipinski definition) is 5. The predicted molar refractivity (Wildman–Crippen MR) is 96.4 cm³/mol. The molecule has 0 radical (unpaired) electrons. The number of benzene rings is 1. The minimum Gasteiger partial charge on any atom is -0.352 e. The van der Waals surface area contributed by atoms with Crippen molar-refractivity contribution >= 4 is 27.4 Å². The van der Waals surface area contributed by atoms with Crippen LogP contribution in [-0.4, -0.2) is 49.1 Å². The highest BCUT2D eigenvalue weighted by Gasteiger charge is 2.31. The Morgan fingerprint density at radius 1 is 0.960 bits per heavy atom. The third-order valence-electron chi connectivity index (χ3n) is 4.68. The second-order valence-electron chi connectivity index (χ2n) is 6.41. The van der Waals surface area contributed by atoms with Gasteiger partial charge in [0.2, 0.25) is 10.0 Å². The van der Waals surface area contributed by atoms with Crippen molar-refractivity contribution in [2.75, 3.05) is 31.1 Å². The lowest BCUT2D eigenvalue weighted by molar-refractivity contribution is 0.383. The van der Waals surface area contributed by atoms with Crippen molar-refractivity contribution in [3.05, 3.63) is 47.1 Å². The Morgan fingerprint density at radius 2 is 1.68 bits per heavy atom. The molecule has 1 aliphatic carbocycles. The molecule has 0 bridgehead atoms. The normalized spacial score (nSPS) is 19.2. The van der Waals surface area contributed by atoms with E-state index in [0.29, 0.717) is 32.1 Å². The highest BCUT2D eigenvalue weighted by molar-refractivity contribution is 7.89. The third kappa shape index (κ3) is 3.36. The number of rotatable bonds is 4. The standard InChI is InChI=1S/C17H19ClN4O2S/c18-14-3-1-2-4-16(14)25(23,24)22-11-9-21(10-12-22)17-8-7-15(19-20-17)13-5-6-13/h1-4,7-8,13H,5-6,9-12H2. The second kappa shape index (κ2) is 6.55. The van der Waals surface area contributed by atoms with Gasteiger partial charge >= 0.3 is 0 Å². The van der Waals surface area contributed by atoms with Gasteiger partial charge in [0.05, 0.1) is 10.7 Å². The molecule has 2 heterocycles. The average molecular weight is 379 g/mol. The van der Waals surface area contributed by atoms with Gasteiger partial charge in [-0.25, -0.2) is 8.42 Å². The molecule has 2 aliphatic rings. The summed E-state index contributed by atoms with van der Waals surface area (Å²) >= 11 is 6.06. The molecule has 0 spiro atoms. The maximum absolute atomic E-state index is 12.8. The minimum atomic E-state index is -3.57. The van der Waals surface area contributed by atoms with Crippen LogP contribution in [-0.2, 0) is 10.0 Å². The Kier molecular flexibility index (Phi) is 4.39. The first-order chi connectivity index (χ1) is 12.1. The van der Waals surface area contributed by atoms with Gasteiger partial charge in [-0.05, 0) is 37.1 Å². The van der Waals surface area contributed by atoms with Crippen molar-refractivity contribution in [1.82, 2.24) is 14.5 Å². The van der Waals surface area contributed by atoms with Crippen LogP contribution < -0.4 is 4.90 Å². The highest BCUT2D eigenvalue weighted by atomic mass is 35.5. The SMILES string of the molecule is O=S(=O)(c1ccccc1Cl)N1CCN(c2ccc(C3CC3)nn2)CC1. The van der Waals surface area contributed by atoms with Gasteiger partial charge in [-0.3, -0.25) is 0 Å². The van der Waals surface area contributed by atoms with E-state index in [4.69, 9.17) is 11.6 Å². The molecule has 0 unspecified atom stereocenters. The van der Waals surface area contributed by atoms with Gasteiger partial charge in [-0.15, -0.1) is 5.10 Å². The van der Waals surface area contributed by atoms with Gasteiger partial charge in [-0.1, -0.05) is 23.7 Å². The maximum atomic E-state index is 12.8. The molecule has 132 valence electrons. The van der Waals surface area contributed by atoms with E-state index in [1.165, 1.54) is 17.1 Å². The molecule has 1 saturated carbocycles. The smallest absolute Gasteiger partial charge is 0.244 e. The summed E-state index contributed by atoms with van der Waals surface area (Å²) in [5, 5.41) is 8.87. The summed E-state index contributed by atoms with van der Waals surface area (Å²) in [6.45, 7) is 1.97. The molecule has 6 nitrogen and oxygen atoms in total. The zero-order valence-electron chi connectivity index (χ0n) is 13.7. The quantitative estimate of drug-likeness (QED) is 0.817. The maximum Gasteiger partial charge on any atom is 0.244 e. The molecule has 0 amide bonds. The first kappa shape index (κ1) is 16.8. The molecule has 1 aromatic heterocycles. The number of hydrogen-bond donors (Lipinski definition) is 0. The predicted octanol–water partition coefficient (Wildman–Crippen LogP) is 2.52. The van der Waals surface area contributed by atoms with Gasteiger partial charge in [0.15, 0.2) is 5.82 Å². The van der Waals surface area contributed by atoms with Gasteiger partial charge < -0.3 is 4.90 Å². The zero-order chi connectivity index (χ0) is 17.4. The summed E-state index contributed by atoms with van der Waals surface area (Å²) in [4.78, 5) is 2.24. The fourth-order valence-electron chi connectivity index (χ4n) is 3.05. The fraction of sp³-hybridized carbons (Fsp3) is 0.412. The van der Waals surface area contributed by atoms with Crippen LogP contribution in [0.2, 0.25) is 5.02 Å². The van der Waals surface area contributed by atoms with Crippen molar-refractivity contribution in [2.24, 2.45) is 0 Å². The summed E-state index contributed by atoms with van der Waals surface area (Å²) in [6, 6.07) is 10.6. The molecule has 1 saturated heterocycles. The van der Waals surface area contributed by atoms with Crippen LogP contribution in [0.3, 0.4) is 0 Å². The lowest BCUT2D eigenvalue weighted by Gasteiger charge is -2.34. The zero-order valence-corrected chi connectivity index (χ0v) is 15.2. The Morgan fingerprint density at radius 3 is 2.28 bits per heavy atom. The van der Waals surface area contributed by atoms with Gasteiger partial charge in [0.1, 0.15) is 4.90 Å². The topological polar surface area (TPSA) is 66.4 Å². The second-order valence-corrected chi connectivity index (χ2v) is 8.73. The molecule has 8 heteroatoms. The molecule has 0 N–H and O–H groups in total. The van der Waals surface area contributed by atoms with Crippen LogP contribution in [0.5, 0.6) is 0 Å². The van der Waals surface area contributed by atoms with Crippen LogP contribution in [0.25, 0.3) is 0 Å². The number of anilines is 1. The Hall–Kier alpha value is -1.70. The first-order valence-electron chi connectivity index (χ1n) is 8.39. The molecule has 25 heavy (non-hydrogen) atoms. The molecule has 2 fully saturated rings. The molecule has 1 aliphatic heterocycles. The molecular formula is C17H19ClN4O2S. The Labute approximate surface area is 152 Å². The van der Waals surface area contributed by atoms with Crippen molar-refractivity contribution < 1.29 is 8.42 Å². The summed E-state index contributed by atoms with van der Waals surface area (Å²) in [6.07, 6.45) is 2.40. The lowest BCUT2D eigenvalue weighted by Crippen LogP contribution is -2.49. The van der Waals surface area contributed by atoms with Gasteiger partial charge in [0, 0.05) is 32.1 Å². The van der Waals surface area contributed by atoms with Crippen LogP contribution in [0.4, 0.5) is 5.82 Å². The number of sulfonamides is 1. The van der Waals surface area contributed by atoms with E-state index in [1.54, 1.807) is 24.3 Å². The van der Waals surface area contributed by atoms with Crippen molar-refractivity contribution in [2.45, 2.75) is 23.7 Å². The molecule has 4 rings (SSSR count). The van der Waals surface area contributed by atoms with Crippen molar-refractivity contribution in [3.63, 3.8) is 0 Å². The first-order valence-corrected chi connectivity index (χ1v) is 10.2. The molecule has 0 atom stereocenters. The van der Waals surface area contributed by atoms with Crippen molar-refractivity contribution in [3.8, 4) is 0 Å². The van der Waals surface area contributed by atoms with E-state index in [0.717, 1.165) is 11.5 Å². The van der Waals surface area contributed by atoms with Crippen LogP contribution in [0.15, 0.2) is 41.3 Å². The average Bonchev–Trinajstić information content (AvgIpc) is 3.47. The van der Waals surface area contributed by atoms with Crippen molar-refractivity contribution in [1.29, 1.82) is 0 Å². The lowest BCUT2D eigenvalue weighted by atomic mass is 10.2.